The van der Waals surface area contributed by atoms with E-state index in [1.54, 1.807) is 0 Å². The molecule has 0 spiro atoms. The standard InChI is InChI=1S/C13H19BrO/c1-13(2,3)11-5-7-12(8-6-11)15-10-4-9-14/h5-8H,4,9-10H2,1-3H3. The van der Waals surface area contributed by atoms with E-state index >= 15 is 0 Å². The average molecular weight is 271 g/mol. The molecule has 1 aromatic rings. The molecule has 1 rings (SSSR count). The van der Waals surface area contributed by atoms with E-state index in [9.17, 15) is 0 Å². The first-order valence-corrected chi connectivity index (χ1v) is 6.45. The quantitative estimate of drug-likeness (QED) is 0.590. The summed E-state index contributed by atoms with van der Waals surface area (Å²) in [5.41, 5.74) is 1.56. The Bertz CT molecular complexity index is 284. The Morgan fingerprint density at radius 3 is 2.20 bits per heavy atom. The van der Waals surface area contributed by atoms with E-state index in [0.717, 1.165) is 24.1 Å². The molecule has 2 heteroatoms. The van der Waals surface area contributed by atoms with Gasteiger partial charge in [-0.2, -0.15) is 0 Å². The van der Waals surface area contributed by atoms with Gasteiger partial charge in [0.05, 0.1) is 6.61 Å². The van der Waals surface area contributed by atoms with Gasteiger partial charge in [0, 0.05) is 5.33 Å². The molecule has 0 N–H and O–H groups in total. The van der Waals surface area contributed by atoms with Crippen LogP contribution in [-0.4, -0.2) is 11.9 Å². The number of ether oxygens (including phenoxy) is 1. The van der Waals surface area contributed by atoms with Crippen LogP contribution in [0.4, 0.5) is 0 Å². The van der Waals surface area contributed by atoms with Crippen molar-refractivity contribution in [2.75, 3.05) is 11.9 Å². The van der Waals surface area contributed by atoms with Crippen molar-refractivity contribution in [3.8, 4) is 5.75 Å². The summed E-state index contributed by atoms with van der Waals surface area (Å²) in [7, 11) is 0. The number of rotatable bonds is 4. The van der Waals surface area contributed by atoms with E-state index in [2.05, 4.69) is 61.0 Å². The van der Waals surface area contributed by atoms with Crippen LogP contribution in [-0.2, 0) is 5.41 Å². The van der Waals surface area contributed by atoms with Gasteiger partial charge in [0.25, 0.3) is 0 Å². The van der Waals surface area contributed by atoms with Crippen LogP contribution in [0, 0.1) is 0 Å². The average Bonchev–Trinajstić information content (AvgIpc) is 2.18. The van der Waals surface area contributed by atoms with Crippen LogP contribution in [0.2, 0.25) is 0 Å². The molecule has 0 heterocycles. The Kier molecular flexibility index (Phi) is 4.65. The highest BCUT2D eigenvalue weighted by Crippen LogP contribution is 2.24. The van der Waals surface area contributed by atoms with Crippen LogP contribution in [0.1, 0.15) is 32.8 Å². The Labute approximate surface area is 101 Å². The molecular formula is C13H19BrO. The van der Waals surface area contributed by atoms with Crippen molar-refractivity contribution in [3.63, 3.8) is 0 Å². The second-order valence-electron chi connectivity index (χ2n) is 4.67. The Balaban J connectivity index is 2.57. The first-order chi connectivity index (χ1) is 7.04. The Morgan fingerprint density at radius 1 is 1.13 bits per heavy atom. The molecular weight excluding hydrogens is 252 g/mol. The van der Waals surface area contributed by atoms with Crippen molar-refractivity contribution in [3.05, 3.63) is 29.8 Å². The highest BCUT2D eigenvalue weighted by Gasteiger charge is 2.12. The van der Waals surface area contributed by atoms with Crippen molar-refractivity contribution >= 4 is 15.9 Å². The van der Waals surface area contributed by atoms with Gasteiger partial charge in [-0.05, 0) is 29.5 Å². The van der Waals surface area contributed by atoms with Gasteiger partial charge in [0.1, 0.15) is 5.75 Å². The molecule has 0 aliphatic rings. The molecule has 0 amide bonds. The monoisotopic (exact) mass is 270 g/mol. The molecule has 0 saturated heterocycles. The number of benzene rings is 1. The fraction of sp³-hybridized carbons (Fsp3) is 0.538. The second-order valence-corrected chi connectivity index (χ2v) is 5.46. The summed E-state index contributed by atoms with van der Waals surface area (Å²) in [5, 5.41) is 0.993. The van der Waals surface area contributed by atoms with Crippen molar-refractivity contribution in [1.29, 1.82) is 0 Å². The lowest BCUT2D eigenvalue weighted by Crippen LogP contribution is -2.10. The first kappa shape index (κ1) is 12.6. The zero-order valence-corrected chi connectivity index (χ0v) is 11.3. The van der Waals surface area contributed by atoms with Gasteiger partial charge in [0.2, 0.25) is 0 Å². The third kappa shape index (κ3) is 4.25. The molecule has 1 nitrogen and oxygen atoms in total. The van der Waals surface area contributed by atoms with Crippen LogP contribution >= 0.6 is 15.9 Å². The number of hydrogen-bond donors (Lipinski definition) is 0. The SMILES string of the molecule is CC(C)(C)c1ccc(OCCCBr)cc1. The summed E-state index contributed by atoms with van der Waals surface area (Å²) in [6.07, 6.45) is 1.04. The van der Waals surface area contributed by atoms with Crippen LogP contribution in [0.5, 0.6) is 5.75 Å². The normalized spacial score (nSPS) is 11.5. The molecule has 0 aliphatic carbocycles. The molecule has 84 valence electrons. The van der Waals surface area contributed by atoms with Gasteiger partial charge in [-0.3, -0.25) is 0 Å². The molecule has 0 radical (unpaired) electrons. The fourth-order valence-corrected chi connectivity index (χ4v) is 1.52. The minimum atomic E-state index is 0.217. The maximum absolute atomic E-state index is 5.58. The summed E-state index contributed by atoms with van der Waals surface area (Å²) in [4.78, 5) is 0. The zero-order chi connectivity index (χ0) is 11.3. The Morgan fingerprint density at radius 2 is 1.73 bits per heavy atom. The summed E-state index contributed by atoms with van der Waals surface area (Å²) >= 11 is 3.38. The lowest BCUT2D eigenvalue weighted by Gasteiger charge is -2.19. The highest BCUT2D eigenvalue weighted by molar-refractivity contribution is 9.09. The van der Waals surface area contributed by atoms with E-state index in [1.165, 1.54) is 5.56 Å². The molecule has 15 heavy (non-hydrogen) atoms. The first-order valence-electron chi connectivity index (χ1n) is 5.33. The predicted octanol–water partition coefficient (Wildman–Crippen LogP) is 4.15. The van der Waals surface area contributed by atoms with Crippen molar-refractivity contribution in [2.45, 2.75) is 32.6 Å². The molecule has 0 aliphatic heterocycles. The molecule has 0 fully saturated rings. The Hall–Kier alpha value is -0.500. The summed E-state index contributed by atoms with van der Waals surface area (Å²) in [6, 6.07) is 8.39. The molecule has 0 saturated carbocycles. The summed E-state index contributed by atoms with van der Waals surface area (Å²) in [6.45, 7) is 7.43. The maximum atomic E-state index is 5.58. The van der Waals surface area contributed by atoms with Gasteiger partial charge >= 0.3 is 0 Å². The lowest BCUT2D eigenvalue weighted by atomic mass is 9.87. The smallest absolute Gasteiger partial charge is 0.119 e. The minimum Gasteiger partial charge on any atom is -0.494 e. The van der Waals surface area contributed by atoms with Crippen molar-refractivity contribution < 1.29 is 4.74 Å². The van der Waals surface area contributed by atoms with E-state index in [1.807, 2.05) is 0 Å². The van der Waals surface area contributed by atoms with E-state index in [0.29, 0.717) is 0 Å². The van der Waals surface area contributed by atoms with E-state index in [4.69, 9.17) is 4.74 Å². The fourth-order valence-electron chi connectivity index (χ4n) is 1.30. The molecule has 1 aromatic carbocycles. The van der Waals surface area contributed by atoms with Crippen LogP contribution in [0.15, 0.2) is 24.3 Å². The maximum Gasteiger partial charge on any atom is 0.119 e. The minimum absolute atomic E-state index is 0.217. The van der Waals surface area contributed by atoms with Crippen molar-refractivity contribution in [1.82, 2.24) is 0 Å². The van der Waals surface area contributed by atoms with Crippen LogP contribution in [0.3, 0.4) is 0 Å². The van der Waals surface area contributed by atoms with E-state index < -0.39 is 0 Å². The van der Waals surface area contributed by atoms with E-state index in [-0.39, 0.29) is 5.41 Å². The van der Waals surface area contributed by atoms with Gasteiger partial charge in [-0.15, -0.1) is 0 Å². The topological polar surface area (TPSA) is 9.23 Å². The molecule has 0 unspecified atom stereocenters. The molecule has 0 atom stereocenters. The number of halogens is 1. The second kappa shape index (κ2) is 5.55. The van der Waals surface area contributed by atoms with Crippen LogP contribution in [0.25, 0.3) is 0 Å². The number of hydrogen-bond acceptors (Lipinski definition) is 1. The largest absolute Gasteiger partial charge is 0.494 e. The molecule has 0 bridgehead atoms. The van der Waals surface area contributed by atoms with Crippen molar-refractivity contribution in [2.24, 2.45) is 0 Å². The third-order valence-corrected chi connectivity index (χ3v) is 2.83. The van der Waals surface area contributed by atoms with Gasteiger partial charge in [-0.1, -0.05) is 48.8 Å². The predicted molar refractivity (Wildman–Crippen MR) is 69.0 cm³/mol. The van der Waals surface area contributed by atoms with Gasteiger partial charge in [-0.25, -0.2) is 0 Å². The number of alkyl halides is 1. The van der Waals surface area contributed by atoms with Gasteiger partial charge in [0.15, 0.2) is 0 Å². The van der Waals surface area contributed by atoms with Crippen LogP contribution < -0.4 is 4.74 Å². The zero-order valence-electron chi connectivity index (χ0n) is 9.72. The summed E-state index contributed by atoms with van der Waals surface area (Å²) in [5.74, 6) is 0.962. The third-order valence-electron chi connectivity index (χ3n) is 2.27. The highest BCUT2D eigenvalue weighted by atomic mass is 79.9. The summed E-state index contributed by atoms with van der Waals surface area (Å²) < 4.78 is 5.58. The molecule has 0 aromatic heterocycles. The lowest BCUT2D eigenvalue weighted by molar-refractivity contribution is 0.319. The van der Waals surface area contributed by atoms with Gasteiger partial charge < -0.3 is 4.74 Å².